The van der Waals surface area contributed by atoms with Crippen LogP contribution < -0.4 is 5.32 Å². The zero-order valence-corrected chi connectivity index (χ0v) is 8.15. The molecule has 0 bridgehead atoms. The maximum atomic E-state index is 11.2. The normalized spacial score (nSPS) is 21.7. The number of anilines is 1. The van der Waals surface area contributed by atoms with Crippen LogP contribution in [0.5, 0.6) is 0 Å². The average molecular weight is 196 g/mol. The molecule has 2 rings (SSSR count). The van der Waals surface area contributed by atoms with Crippen molar-refractivity contribution in [3.05, 3.63) is 5.89 Å². The third-order valence-corrected chi connectivity index (χ3v) is 2.19. The summed E-state index contributed by atoms with van der Waals surface area (Å²) in [6.45, 7) is 2.41. The van der Waals surface area contributed by atoms with Gasteiger partial charge in [0.1, 0.15) is 0 Å². The summed E-state index contributed by atoms with van der Waals surface area (Å²) in [5.74, 6) is 0.656. The maximum Gasteiger partial charge on any atom is 0.315 e. The molecule has 14 heavy (non-hydrogen) atoms. The predicted molar refractivity (Wildman–Crippen MR) is 48.7 cm³/mol. The SMILES string of the molecule is Cc1nnc(NC2CC(=O)N(C)C2)o1. The molecule has 1 saturated heterocycles. The minimum absolute atomic E-state index is 0.0762. The Balaban J connectivity index is 1.96. The number of hydrogen-bond acceptors (Lipinski definition) is 5. The molecule has 0 aliphatic carbocycles. The van der Waals surface area contributed by atoms with Crippen LogP contribution in [0.2, 0.25) is 0 Å². The standard InChI is InChI=1S/C8H12N4O2/c1-5-10-11-8(14-5)9-6-3-7(13)12(2)4-6/h6H,3-4H2,1-2H3,(H,9,11). The van der Waals surface area contributed by atoms with Crippen molar-refractivity contribution in [2.24, 2.45) is 0 Å². The van der Waals surface area contributed by atoms with Crippen LogP contribution in [0.25, 0.3) is 0 Å². The van der Waals surface area contributed by atoms with Crippen LogP contribution in [0.3, 0.4) is 0 Å². The van der Waals surface area contributed by atoms with Gasteiger partial charge in [-0.3, -0.25) is 4.79 Å². The van der Waals surface area contributed by atoms with Crippen molar-refractivity contribution in [2.75, 3.05) is 18.9 Å². The summed E-state index contributed by atoms with van der Waals surface area (Å²) in [7, 11) is 1.78. The molecule has 1 atom stereocenters. The van der Waals surface area contributed by atoms with Gasteiger partial charge in [-0.25, -0.2) is 0 Å². The fraction of sp³-hybridized carbons (Fsp3) is 0.625. The second-order valence-electron chi connectivity index (χ2n) is 3.45. The average Bonchev–Trinajstić information content (AvgIpc) is 2.62. The molecule has 6 heteroatoms. The summed E-state index contributed by atoms with van der Waals surface area (Å²) in [5, 5.41) is 10.5. The van der Waals surface area contributed by atoms with E-state index in [1.807, 2.05) is 0 Å². The highest BCUT2D eigenvalue weighted by molar-refractivity contribution is 5.79. The largest absolute Gasteiger partial charge is 0.408 e. The van der Waals surface area contributed by atoms with E-state index < -0.39 is 0 Å². The maximum absolute atomic E-state index is 11.2. The second kappa shape index (κ2) is 3.28. The van der Waals surface area contributed by atoms with Gasteiger partial charge in [-0.1, -0.05) is 5.10 Å². The van der Waals surface area contributed by atoms with Crippen molar-refractivity contribution in [1.29, 1.82) is 0 Å². The van der Waals surface area contributed by atoms with Crippen LogP contribution in [0.1, 0.15) is 12.3 Å². The number of aromatic nitrogens is 2. The van der Waals surface area contributed by atoms with E-state index in [0.29, 0.717) is 24.9 Å². The number of nitrogens with one attached hydrogen (secondary N) is 1. The van der Waals surface area contributed by atoms with Crippen molar-refractivity contribution in [1.82, 2.24) is 15.1 Å². The van der Waals surface area contributed by atoms with Gasteiger partial charge in [0.25, 0.3) is 0 Å². The molecule has 1 aliphatic heterocycles. The number of likely N-dealkylation sites (N-methyl/N-ethyl adjacent to an activating group) is 1. The van der Waals surface area contributed by atoms with Crippen LogP contribution in [-0.4, -0.2) is 40.6 Å². The lowest BCUT2D eigenvalue weighted by Crippen LogP contribution is -2.24. The third kappa shape index (κ3) is 1.68. The number of rotatable bonds is 2. The minimum atomic E-state index is 0.0762. The number of amides is 1. The monoisotopic (exact) mass is 196 g/mol. The first-order valence-corrected chi connectivity index (χ1v) is 4.46. The zero-order valence-electron chi connectivity index (χ0n) is 8.15. The Morgan fingerprint density at radius 1 is 1.57 bits per heavy atom. The van der Waals surface area contributed by atoms with Crippen LogP contribution >= 0.6 is 0 Å². The van der Waals surface area contributed by atoms with Gasteiger partial charge in [0.15, 0.2) is 0 Å². The highest BCUT2D eigenvalue weighted by atomic mass is 16.4. The molecule has 0 spiro atoms. The number of carbonyl (C=O) groups excluding carboxylic acids is 1. The van der Waals surface area contributed by atoms with E-state index >= 15 is 0 Å². The van der Waals surface area contributed by atoms with Gasteiger partial charge in [-0.05, 0) is 0 Å². The first kappa shape index (κ1) is 8.98. The minimum Gasteiger partial charge on any atom is -0.408 e. The molecule has 1 aromatic rings. The Morgan fingerprint density at radius 2 is 2.36 bits per heavy atom. The molecule has 1 aromatic heterocycles. The lowest BCUT2D eigenvalue weighted by molar-refractivity contribution is -0.126. The molecule has 0 saturated carbocycles. The number of likely N-dealkylation sites (tertiary alicyclic amines) is 1. The zero-order chi connectivity index (χ0) is 10.1. The van der Waals surface area contributed by atoms with Crippen molar-refractivity contribution in [3.8, 4) is 0 Å². The lowest BCUT2D eigenvalue weighted by Gasteiger charge is -2.09. The molecule has 1 aliphatic rings. The quantitative estimate of drug-likeness (QED) is 0.722. The Bertz CT molecular complexity index is 349. The number of nitrogens with zero attached hydrogens (tertiary/aromatic N) is 3. The van der Waals surface area contributed by atoms with Crippen LogP contribution in [0.4, 0.5) is 6.01 Å². The molecule has 1 fully saturated rings. The van der Waals surface area contributed by atoms with E-state index in [2.05, 4.69) is 15.5 Å². The third-order valence-electron chi connectivity index (χ3n) is 2.19. The smallest absolute Gasteiger partial charge is 0.315 e. The molecule has 1 amide bonds. The number of carbonyl (C=O) groups is 1. The topological polar surface area (TPSA) is 71.3 Å². The number of hydrogen-bond donors (Lipinski definition) is 1. The Kier molecular flexibility index (Phi) is 2.11. The fourth-order valence-electron chi connectivity index (χ4n) is 1.49. The molecule has 0 aromatic carbocycles. The van der Waals surface area contributed by atoms with E-state index in [4.69, 9.17) is 4.42 Å². The van der Waals surface area contributed by atoms with Crippen molar-refractivity contribution >= 4 is 11.9 Å². The molecule has 1 unspecified atom stereocenters. The van der Waals surface area contributed by atoms with E-state index in [-0.39, 0.29) is 11.9 Å². The Morgan fingerprint density at radius 3 is 2.86 bits per heavy atom. The van der Waals surface area contributed by atoms with Gasteiger partial charge in [-0.2, -0.15) is 0 Å². The van der Waals surface area contributed by atoms with E-state index in [9.17, 15) is 4.79 Å². The van der Waals surface area contributed by atoms with E-state index in [1.165, 1.54) is 0 Å². The summed E-state index contributed by atoms with van der Waals surface area (Å²) in [5.41, 5.74) is 0. The van der Waals surface area contributed by atoms with Gasteiger partial charge in [-0.15, -0.1) is 5.10 Å². The predicted octanol–water partition coefficient (Wildman–Crippen LogP) is 0.0206. The van der Waals surface area contributed by atoms with Gasteiger partial charge in [0, 0.05) is 26.9 Å². The second-order valence-corrected chi connectivity index (χ2v) is 3.45. The van der Waals surface area contributed by atoms with Crippen LogP contribution in [0, 0.1) is 6.92 Å². The van der Waals surface area contributed by atoms with Gasteiger partial charge in [0.05, 0.1) is 6.04 Å². The Hall–Kier alpha value is -1.59. The summed E-state index contributed by atoms with van der Waals surface area (Å²) in [4.78, 5) is 12.9. The van der Waals surface area contributed by atoms with E-state index in [0.717, 1.165) is 0 Å². The fourth-order valence-corrected chi connectivity index (χ4v) is 1.49. The van der Waals surface area contributed by atoms with Crippen molar-refractivity contribution in [2.45, 2.75) is 19.4 Å². The Labute approximate surface area is 81.3 Å². The molecule has 2 heterocycles. The highest BCUT2D eigenvalue weighted by Crippen LogP contribution is 2.14. The van der Waals surface area contributed by atoms with Gasteiger partial charge < -0.3 is 14.6 Å². The summed E-state index contributed by atoms with van der Waals surface area (Å²) < 4.78 is 5.15. The summed E-state index contributed by atoms with van der Waals surface area (Å²) in [6.07, 6.45) is 0.484. The summed E-state index contributed by atoms with van der Waals surface area (Å²) in [6, 6.07) is 0.461. The molecular formula is C8H12N4O2. The molecule has 76 valence electrons. The van der Waals surface area contributed by atoms with Crippen LogP contribution in [-0.2, 0) is 4.79 Å². The van der Waals surface area contributed by atoms with Crippen molar-refractivity contribution in [3.63, 3.8) is 0 Å². The van der Waals surface area contributed by atoms with Gasteiger partial charge >= 0.3 is 6.01 Å². The molecule has 1 N–H and O–H groups in total. The first-order valence-electron chi connectivity index (χ1n) is 4.46. The van der Waals surface area contributed by atoms with Crippen molar-refractivity contribution < 1.29 is 9.21 Å². The van der Waals surface area contributed by atoms with E-state index in [1.54, 1.807) is 18.9 Å². The first-order chi connectivity index (χ1) is 6.65. The number of aryl methyl sites for hydroxylation is 1. The molecule has 6 nitrogen and oxygen atoms in total. The molecular weight excluding hydrogens is 184 g/mol. The van der Waals surface area contributed by atoms with Crippen LogP contribution in [0.15, 0.2) is 4.42 Å². The molecule has 0 radical (unpaired) electrons. The summed E-state index contributed by atoms with van der Waals surface area (Å²) >= 11 is 0. The lowest BCUT2D eigenvalue weighted by atomic mass is 10.3. The highest BCUT2D eigenvalue weighted by Gasteiger charge is 2.27. The van der Waals surface area contributed by atoms with Gasteiger partial charge in [0.2, 0.25) is 11.8 Å².